The predicted octanol–water partition coefficient (Wildman–Crippen LogP) is 3.24. The van der Waals surface area contributed by atoms with Crippen molar-refractivity contribution in [1.82, 2.24) is 0 Å². The Kier molecular flexibility index (Phi) is 4.81. The first-order valence-electron chi connectivity index (χ1n) is 4.81. The molecule has 10 heteroatoms. The fraction of sp³-hybridized carbons (Fsp3) is 0.100. The Labute approximate surface area is 121 Å². The van der Waals surface area contributed by atoms with Crippen LogP contribution in [-0.4, -0.2) is 11.5 Å². The van der Waals surface area contributed by atoms with E-state index in [0.29, 0.717) is 12.1 Å². The lowest BCUT2D eigenvalue weighted by atomic mass is 10.2. The van der Waals surface area contributed by atoms with Gasteiger partial charge < -0.3 is 5.73 Å². The van der Waals surface area contributed by atoms with Crippen LogP contribution in [0, 0.1) is 16.7 Å². The summed E-state index contributed by atoms with van der Waals surface area (Å²) in [7, 11) is 0. The molecule has 0 heterocycles. The highest BCUT2D eigenvalue weighted by atomic mass is 35.5. The monoisotopic (exact) mass is 323 g/mol. The Balaban J connectivity index is 3.17. The fourth-order valence-corrected chi connectivity index (χ4v) is 1.67. The van der Waals surface area contributed by atoms with Gasteiger partial charge in [0.05, 0.1) is 21.3 Å². The molecular weight excluding hydrogens is 318 g/mol. The molecule has 1 rings (SSSR count). The summed E-state index contributed by atoms with van der Waals surface area (Å²) < 4.78 is 37.5. The van der Waals surface area contributed by atoms with Crippen molar-refractivity contribution >= 4 is 40.4 Å². The highest BCUT2D eigenvalue weighted by Gasteiger charge is 2.32. The number of nitrogens with one attached hydrogen (secondary N) is 2. The summed E-state index contributed by atoms with van der Waals surface area (Å²) in [6.45, 7) is 0. The summed E-state index contributed by atoms with van der Waals surface area (Å²) in [6, 6.07) is 2.83. The van der Waals surface area contributed by atoms with E-state index in [4.69, 9.17) is 39.6 Å². The average molecular weight is 324 g/mol. The molecule has 0 atom stereocenters. The quantitative estimate of drug-likeness (QED) is 0.452. The lowest BCUT2D eigenvalue weighted by molar-refractivity contribution is -0.137. The first-order chi connectivity index (χ1) is 9.16. The molecule has 0 amide bonds. The van der Waals surface area contributed by atoms with Crippen molar-refractivity contribution in [2.45, 2.75) is 6.18 Å². The van der Waals surface area contributed by atoms with Gasteiger partial charge in [0.2, 0.25) is 5.71 Å². The number of halogens is 5. The SMILES string of the molecule is N#C/C(=N\Nc1c(Cl)cc(C(F)(F)F)cc1Cl)C(=N)N. The Hall–Kier alpha value is -1.98. The highest BCUT2D eigenvalue weighted by Crippen LogP contribution is 2.38. The first kappa shape index (κ1) is 16.1. The maximum absolute atomic E-state index is 12.5. The van der Waals surface area contributed by atoms with Gasteiger partial charge in [-0.3, -0.25) is 10.8 Å². The summed E-state index contributed by atoms with van der Waals surface area (Å²) in [5, 5.41) is 18.4. The first-order valence-corrected chi connectivity index (χ1v) is 5.57. The molecule has 0 aromatic heterocycles. The van der Waals surface area contributed by atoms with E-state index in [1.54, 1.807) is 0 Å². The van der Waals surface area contributed by atoms with Crippen LogP contribution < -0.4 is 11.2 Å². The molecule has 1 aromatic carbocycles. The topological polar surface area (TPSA) is 98.0 Å². The molecule has 0 spiro atoms. The molecule has 4 N–H and O–H groups in total. The number of nitrogens with zero attached hydrogens (tertiary/aromatic N) is 2. The van der Waals surface area contributed by atoms with Gasteiger partial charge in [-0.15, -0.1) is 0 Å². The molecular formula is C10H6Cl2F3N5. The number of nitrogens with two attached hydrogens (primary N) is 1. The van der Waals surface area contributed by atoms with Gasteiger partial charge in [-0.25, -0.2) is 0 Å². The molecule has 1 aromatic rings. The van der Waals surface area contributed by atoms with Crippen molar-refractivity contribution < 1.29 is 13.2 Å². The second kappa shape index (κ2) is 5.98. The average Bonchev–Trinajstić information content (AvgIpc) is 2.30. The molecule has 0 aliphatic rings. The van der Waals surface area contributed by atoms with Crippen molar-refractivity contribution in [2.24, 2.45) is 10.8 Å². The molecule has 0 bridgehead atoms. The van der Waals surface area contributed by atoms with Gasteiger partial charge in [0.15, 0.2) is 5.84 Å². The number of amidine groups is 1. The number of hydrogen-bond acceptors (Lipinski definition) is 4. The third-order valence-electron chi connectivity index (χ3n) is 2.01. The van der Waals surface area contributed by atoms with E-state index in [2.05, 4.69) is 10.5 Å². The summed E-state index contributed by atoms with van der Waals surface area (Å²) in [4.78, 5) is 0. The molecule has 0 fully saturated rings. The maximum Gasteiger partial charge on any atom is 0.416 e. The van der Waals surface area contributed by atoms with Gasteiger partial charge in [-0.1, -0.05) is 23.2 Å². The van der Waals surface area contributed by atoms with E-state index in [0.717, 1.165) is 0 Å². The zero-order valence-electron chi connectivity index (χ0n) is 9.52. The fourth-order valence-electron chi connectivity index (χ4n) is 1.10. The zero-order valence-corrected chi connectivity index (χ0v) is 11.0. The van der Waals surface area contributed by atoms with Crippen molar-refractivity contribution in [1.29, 1.82) is 10.7 Å². The van der Waals surface area contributed by atoms with Gasteiger partial charge in [-0.05, 0) is 12.1 Å². The van der Waals surface area contributed by atoms with Crippen molar-refractivity contribution in [3.8, 4) is 6.07 Å². The van der Waals surface area contributed by atoms with Gasteiger partial charge in [0, 0.05) is 0 Å². The number of benzene rings is 1. The maximum atomic E-state index is 12.5. The van der Waals surface area contributed by atoms with Crippen LogP contribution in [-0.2, 0) is 6.18 Å². The van der Waals surface area contributed by atoms with Gasteiger partial charge in [0.25, 0.3) is 0 Å². The van der Waals surface area contributed by atoms with E-state index in [1.807, 2.05) is 0 Å². The van der Waals surface area contributed by atoms with Gasteiger partial charge >= 0.3 is 6.18 Å². The molecule has 5 nitrogen and oxygen atoms in total. The van der Waals surface area contributed by atoms with E-state index < -0.39 is 23.3 Å². The van der Waals surface area contributed by atoms with Crippen LogP contribution in [0.2, 0.25) is 10.0 Å². The molecule has 0 saturated heterocycles. The largest absolute Gasteiger partial charge is 0.416 e. The Bertz CT molecular complexity index is 595. The van der Waals surface area contributed by atoms with E-state index in [-0.39, 0.29) is 15.7 Å². The van der Waals surface area contributed by atoms with Crippen LogP contribution >= 0.6 is 23.2 Å². The van der Waals surface area contributed by atoms with Crippen molar-refractivity contribution in [3.63, 3.8) is 0 Å². The Morgan fingerprint density at radius 1 is 1.35 bits per heavy atom. The zero-order chi connectivity index (χ0) is 15.5. The summed E-state index contributed by atoms with van der Waals surface area (Å²) >= 11 is 11.3. The third-order valence-corrected chi connectivity index (χ3v) is 2.61. The van der Waals surface area contributed by atoms with E-state index in [1.165, 1.54) is 6.07 Å². The van der Waals surface area contributed by atoms with Crippen molar-refractivity contribution in [3.05, 3.63) is 27.7 Å². The number of nitriles is 1. The smallest absolute Gasteiger partial charge is 0.382 e. The molecule has 0 saturated carbocycles. The van der Waals surface area contributed by atoms with Crippen LogP contribution in [0.1, 0.15) is 5.56 Å². The van der Waals surface area contributed by atoms with Crippen LogP contribution in [0.15, 0.2) is 17.2 Å². The highest BCUT2D eigenvalue weighted by molar-refractivity contribution is 6.46. The van der Waals surface area contributed by atoms with Gasteiger partial charge in [0.1, 0.15) is 6.07 Å². The molecule has 0 unspecified atom stereocenters. The Morgan fingerprint density at radius 2 is 1.85 bits per heavy atom. The molecule has 106 valence electrons. The molecule has 0 aliphatic carbocycles. The normalized spacial score (nSPS) is 11.9. The number of hydrogen-bond donors (Lipinski definition) is 3. The number of hydrazone groups is 1. The number of anilines is 1. The van der Waals surface area contributed by atoms with Crippen LogP contribution in [0.4, 0.5) is 18.9 Å². The lowest BCUT2D eigenvalue weighted by Gasteiger charge is -2.11. The third kappa shape index (κ3) is 3.76. The van der Waals surface area contributed by atoms with Crippen molar-refractivity contribution in [2.75, 3.05) is 5.43 Å². The second-order valence-electron chi connectivity index (χ2n) is 3.41. The molecule has 20 heavy (non-hydrogen) atoms. The minimum absolute atomic E-state index is 0.129. The van der Waals surface area contributed by atoms with Crippen LogP contribution in [0.25, 0.3) is 0 Å². The lowest BCUT2D eigenvalue weighted by Crippen LogP contribution is -2.22. The Morgan fingerprint density at radius 3 is 2.20 bits per heavy atom. The molecule has 0 aliphatic heterocycles. The van der Waals surface area contributed by atoms with Crippen LogP contribution in [0.5, 0.6) is 0 Å². The second-order valence-corrected chi connectivity index (χ2v) is 4.22. The van der Waals surface area contributed by atoms with Crippen LogP contribution in [0.3, 0.4) is 0 Å². The minimum atomic E-state index is -4.59. The summed E-state index contributed by atoms with van der Waals surface area (Å²) in [5.74, 6) is -0.612. The minimum Gasteiger partial charge on any atom is -0.382 e. The van der Waals surface area contributed by atoms with Gasteiger partial charge in [-0.2, -0.15) is 23.5 Å². The number of rotatable bonds is 3. The standard InChI is InChI=1S/C10H6Cl2F3N5/c11-5-1-4(10(13,14)15)2-6(12)8(5)20-19-7(3-16)9(17)18/h1-2,20H,(H3,17,18)/b19-7+. The summed E-state index contributed by atoms with van der Waals surface area (Å²) in [5.41, 5.74) is 5.64. The number of alkyl halides is 3. The summed E-state index contributed by atoms with van der Waals surface area (Å²) in [6.07, 6.45) is -4.59. The van der Waals surface area contributed by atoms with E-state index >= 15 is 0 Å². The van der Waals surface area contributed by atoms with E-state index in [9.17, 15) is 13.2 Å². The molecule has 0 radical (unpaired) electrons. The predicted molar refractivity (Wildman–Crippen MR) is 70.0 cm³/mol.